The SMILES string of the molecule is CCc1cc(F)ccc1N1CN(c2ccc(=O)[nH]c2C)C(=O)c2cc(Cl)c(C#N)nc21. The van der Waals surface area contributed by atoms with Crippen molar-refractivity contribution in [1.29, 1.82) is 5.26 Å². The van der Waals surface area contributed by atoms with Gasteiger partial charge in [0.25, 0.3) is 5.91 Å². The predicted molar refractivity (Wildman–Crippen MR) is 115 cm³/mol. The zero-order valence-electron chi connectivity index (χ0n) is 16.7. The van der Waals surface area contributed by atoms with Gasteiger partial charge in [-0.1, -0.05) is 18.5 Å². The Labute approximate surface area is 182 Å². The number of carbonyl (C=O) groups is 1. The lowest BCUT2D eigenvalue weighted by Crippen LogP contribution is -2.46. The number of hydrogen-bond acceptors (Lipinski definition) is 5. The van der Waals surface area contributed by atoms with Crippen molar-refractivity contribution in [3.05, 3.63) is 80.1 Å². The van der Waals surface area contributed by atoms with Gasteiger partial charge in [0, 0.05) is 17.4 Å². The molecule has 3 heterocycles. The van der Waals surface area contributed by atoms with Gasteiger partial charge in [0.2, 0.25) is 5.56 Å². The van der Waals surface area contributed by atoms with Crippen molar-refractivity contribution < 1.29 is 9.18 Å². The standard InChI is InChI=1S/C22H17ClFN5O2/c1-3-13-8-14(24)4-5-19(13)28-11-29(18-6-7-20(30)26-12(18)2)22(31)15-9-16(23)17(10-25)27-21(15)28/h4-9H,3,11H2,1-2H3,(H,26,30). The number of nitriles is 1. The number of halogens is 2. The Bertz CT molecular complexity index is 1310. The number of anilines is 3. The third-order valence-electron chi connectivity index (χ3n) is 5.17. The summed E-state index contributed by atoms with van der Waals surface area (Å²) in [6.45, 7) is 3.65. The highest BCUT2D eigenvalue weighted by atomic mass is 35.5. The summed E-state index contributed by atoms with van der Waals surface area (Å²) in [7, 11) is 0. The molecule has 4 rings (SSSR count). The maximum absolute atomic E-state index is 13.9. The molecule has 0 saturated carbocycles. The highest BCUT2D eigenvalue weighted by Gasteiger charge is 2.35. The van der Waals surface area contributed by atoms with Crippen molar-refractivity contribution in [2.24, 2.45) is 0 Å². The molecule has 1 amide bonds. The number of rotatable bonds is 3. The maximum atomic E-state index is 13.9. The fourth-order valence-electron chi connectivity index (χ4n) is 3.68. The number of aromatic nitrogens is 2. The van der Waals surface area contributed by atoms with E-state index in [0.717, 1.165) is 0 Å². The molecule has 0 spiro atoms. The number of benzene rings is 1. The van der Waals surface area contributed by atoms with Gasteiger partial charge in [-0.15, -0.1) is 0 Å². The zero-order valence-corrected chi connectivity index (χ0v) is 17.5. The van der Waals surface area contributed by atoms with Crippen LogP contribution < -0.4 is 15.4 Å². The second kappa shape index (κ2) is 7.85. The summed E-state index contributed by atoms with van der Waals surface area (Å²) in [5.41, 5.74) is 2.32. The molecule has 0 fully saturated rings. The van der Waals surface area contributed by atoms with Gasteiger partial charge in [-0.25, -0.2) is 9.37 Å². The molecule has 0 unspecified atom stereocenters. The topological polar surface area (TPSA) is 93.1 Å². The van der Waals surface area contributed by atoms with Crippen LogP contribution in [-0.2, 0) is 6.42 Å². The predicted octanol–water partition coefficient (Wildman–Crippen LogP) is 4.06. The van der Waals surface area contributed by atoms with Crippen LogP contribution in [0.1, 0.15) is 34.2 Å². The van der Waals surface area contributed by atoms with E-state index in [2.05, 4.69) is 9.97 Å². The first-order valence-electron chi connectivity index (χ1n) is 9.52. The number of aryl methyl sites for hydroxylation is 2. The van der Waals surface area contributed by atoms with Crippen LogP contribution in [0.2, 0.25) is 5.02 Å². The van der Waals surface area contributed by atoms with Crippen LogP contribution in [0.15, 0.2) is 41.2 Å². The Kier molecular flexibility index (Phi) is 5.21. The minimum atomic E-state index is -0.375. The molecule has 0 saturated heterocycles. The number of H-pyrrole nitrogens is 1. The smallest absolute Gasteiger partial charge is 0.263 e. The lowest BCUT2D eigenvalue weighted by atomic mass is 10.1. The number of carbonyl (C=O) groups excluding carboxylic acids is 1. The summed E-state index contributed by atoms with van der Waals surface area (Å²) in [5.74, 6) is -0.477. The molecule has 0 radical (unpaired) electrons. The molecule has 2 aromatic heterocycles. The molecule has 1 aromatic carbocycles. The third kappa shape index (κ3) is 3.53. The van der Waals surface area contributed by atoms with E-state index < -0.39 is 0 Å². The number of amides is 1. The van der Waals surface area contributed by atoms with Crippen LogP contribution in [0, 0.1) is 24.1 Å². The Balaban J connectivity index is 1.96. The lowest BCUT2D eigenvalue weighted by Gasteiger charge is -2.38. The van der Waals surface area contributed by atoms with Gasteiger partial charge >= 0.3 is 0 Å². The average Bonchev–Trinajstić information content (AvgIpc) is 2.74. The number of nitrogens with zero attached hydrogens (tertiary/aromatic N) is 4. The average molecular weight is 438 g/mol. The van der Waals surface area contributed by atoms with E-state index in [9.17, 15) is 19.2 Å². The molecule has 9 heteroatoms. The second-order valence-corrected chi connectivity index (χ2v) is 7.47. The molecule has 0 aliphatic carbocycles. The quantitative estimate of drug-likeness (QED) is 0.667. The summed E-state index contributed by atoms with van der Waals surface area (Å²) in [6.07, 6.45) is 0.545. The molecule has 3 aromatic rings. The molecule has 1 aliphatic rings. The van der Waals surface area contributed by atoms with Crippen LogP contribution in [-0.4, -0.2) is 22.5 Å². The first-order valence-corrected chi connectivity index (χ1v) is 9.90. The molecule has 1 N–H and O–H groups in total. The number of nitrogens with one attached hydrogen (secondary N) is 1. The van der Waals surface area contributed by atoms with Crippen LogP contribution >= 0.6 is 11.6 Å². The van der Waals surface area contributed by atoms with E-state index in [4.69, 9.17) is 11.6 Å². The van der Waals surface area contributed by atoms with Crippen molar-refractivity contribution >= 4 is 34.7 Å². The summed E-state index contributed by atoms with van der Waals surface area (Å²) >= 11 is 6.17. The normalized spacial score (nSPS) is 13.2. The minimum absolute atomic E-state index is 0.00736. The van der Waals surface area contributed by atoms with Crippen molar-refractivity contribution in [2.45, 2.75) is 20.3 Å². The van der Waals surface area contributed by atoms with Gasteiger partial charge in [-0.2, -0.15) is 5.26 Å². The van der Waals surface area contributed by atoms with E-state index >= 15 is 0 Å². The molecule has 0 atom stereocenters. The van der Waals surface area contributed by atoms with Crippen molar-refractivity contribution in [3.63, 3.8) is 0 Å². The van der Waals surface area contributed by atoms with Gasteiger partial charge < -0.3 is 9.88 Å². The van der Waals surface area contributed by atoms with E-state index in [-0.39, 0.29) is 46.1 Å². The Morgan fingerprint density at radius 3 is 2.61 bits per heavy atom. The number of fused-ring (bicyclic) bond motifs is 1. The number of hydrogen-bond donors (Lipinski definition) is 1. The van der Waals surface area contributed by atoms with Crippen LogP contribution in [0.25, 0.3) is 0 Å². The Morgan fingerprint density at radius 1 is 1.19 bits per heavy atom. The van der Waals surface area contributed by atoms with Crippen LogP contribution in [0.4, 0.5) is 21.6 Å². The lowest BCUT2D eigenvalue weighted by molar-refractivity contribution is 0.0982. The number of pyridine rings is 2. The molecular formula is C22H17ClFN5O2. The van der Waals surface area contributed by atoms with E-state index in [1.54, 1.807) is 24.0 Å². The summed E-state index contributed by atoms with van der Waals surface area (Å²) in [6, 6.07) is 10.6. The Morgan fingerprint density at radius 2 is 1.94 bits per heavy atom. The number of aromatic amines is 1. The van der Waals surface area contributed by atoms with E-state index in [1.807, 2.05) is 13.0 Å². The minimum Gasteiger partial charge on any atom is -0.324 e. The van der Waals surface area contributed by atoms with E-state index in [0.29, 0.717) is 29.1 Å². The molecule has 0 bridgehead atoms. The highest BCUT2D eigenvalue weighted by Crippen LogP contribution is 2.38. The third-order valence-corrected chi connectivity index (χ3v) is 5.46. The van der Waals surface area contributed by atoms with Gasteiger partial charge in [-0.05, 0) is 49.2 Å². The first kappa shape index (κ1) is 20.6. The molecule has 1 aliphatic heterocycles. The second-order valence-electron chi connectivity index (χ2n) is 7.06. The van der Waals surface area contributed by atoms with Crippen LogP contribution in [0.5, 0.6) is 0 Å². The molecule has 156 valence electrons. The van der Waals surface area contributed by atoms with Crippen molar-refractivity contribution in [1.82, 2.24) is 9.97 Å². The maximum Gasteiger partial charge on any atom is 0.263 e. The molecular weight excluding hydrogens is 421 g/mol. The summed E-state index contributed by atoms with van der Waals surface area (Å²) in [5, 5.41) is 9.44. The fourth-order valence-corrected chi connectivity index (χ4v) is 3.87. The van der Waals surface area contributed by atoms with E-state index in [1.165, 1.54) is 29.2 Å². The fraction of sp³-hybridized carbons (Fsp3) is 0.182. The monoisotopic (exact) mass is 437 g/mol. The molecule has 31 heavy (non-hydrogen) atoms. The largest absolute Gasteiger partial charge is 0.324 e. The van der Waals surface area contributed by atoms with Crippen molar-refractivity contribution in [3.8, 4) is 6.07 Å². The van der Waals surface area contributed by atoms with Crippen LogP contribution in [0.3, 0.4) is 0 Å². The highest BCUT2D eigenvalue weighted by molar-refractivity contribution is 6.32. The van der Waals surface area contributed by atoms with Gasteiger partial charge in [-0.3, -0.25) is 14.5 Å². The summed E-state index contributed by atoms with van der Waals surface area (Å²) in [4.78, 5) is 35.3. The Hall–Kier alpha value is -3.70. The molecule has 7 nitrogen and oxygen atoms in total. The zero-order chi connectivity index (χ0) is 22.3. The van der Waals surface area contributed by atoms with Gasteiger partial charge in [0.1, 0.15) is 24.4 Å². The van der Waals surface area contributed by atoms with Gasteiger partial charge in [0.15, 0.2) is 5.69 Å². The first-order chi connectivity index (χ1) is 14.8. The van der Waals surface area contributed by atoms with Gasteiger partial charge in [0.05, 0.1) is 16.3 Å². The summed E-state index contributed by atoms with van der Waals surface area (Å²) < 4.78 is 13.9. The van der Waals surface area contributed by atoms with Crippen molar-refractivity contribution in [2.75, 3.05) is 16.5 Å².